The number of nitrogens with one attached hydrogen (secondary N) is 2. The van der Waals surface area contributed by atoms with Crippen LogP contribution in [0.5, 0.6) is 5.75 Å². The maximum atomic E-state index is 13.7. The zero-order valence-electron chi connectivity index (χ0n) is 26.4. The average molecular weight is 573 g/mol. The van der Waals surface area contributed by atoms with Gasteiger partial charge < -0.3 is 19.6 Å². The number of aromatic amines is 1. The predicted molar refractivity (Wildman–Crippen MR) is 176 cm³/mol. The van der Waals surface area contributed by atoms with Crippen LogP contribution in [0.1, 0.15) is 110 Å². The zero-order chi connectivity index (χ0) is 29.7. The number of carbonyl (C=O) groups excluding carboxylic acids is 1. The second-order valence-electron chi connectivity index (χ2n) is 12.3. The van der Waals surface area contributed by atoms with Gasteiger partial charge in [0.2, 0.25) is 5.91 Å². The topological polar surface area (TPSA) is 71.9 Å². The molecule has 42 heavy (non-hydrogen) atoms. The molecule has 0 aliphatic carbocycles. The smallest absolute Gasteiger partial charge is 0.243 e. The van der Waals surface area contributed by atoms with Crippen molar-refractivity contribution in [1.29, 1.82) is 0 Å². The van der Waals surface area contributed by atoms with E-state index in [0.717, 1.165) is 58.2 Å². The Morgan fingerprint density at radius 3 is 2.29 bits per heavy atom. The average Bonchev–Trinajstić information content (AvgIpc) is 3.59. The van der Waals surface area contributed by atoms with Gasteiger partial charge in [-0.05, 0) is 48.7 Å². The highest BCUT2D eigenvalue weighted by molar-refractivity contribution is 5.99. The summed E-state index contributed by atoms with van der Waals surface area (Å²) in [5.74, 6) is 1.31. The lowest BCUT2D eigenvalue weighted by Gasteiger charge is -2.21. The molecule has 0 aliphatic heterocycles. The van der Waals surface area contributed by atoms with Crippen LogP contribution in [0.3, 0.4) is 0 Å². The summed E-state index contributed by atoms with van der Waals surface area (Å²) in [5, 5.41) is 5.37. The van der Waals surface area contributed by atoms with Gasteiger partial charge in [0.05, 0.1) is 7.11 Å². The number of aromatic nitrogens is 3. The molecule has 4 aromatic rings. The fraction of sp³-hybridized carbons (Fsp3) is 0.556. The van der Waals surface area contributed by atoms with Crippen LogP contribution in [0.15, 0.2) is 48.8 Å². The molecule has 4 rings (SSSR count). The molecular formula is C36H52N4O2. The van der Waals surface area contributed by atoms with Gasteiger partial charge in [-0.25, -0.2) is 4.98 Å². The Bertz CT molecular complexity index is 1350. The molecule has 0 spiro atoms. The van der Waals surface area contributed by atoms with Gasteiger partial charge in [-0.1, -0.05) is 97.8 Å². The number of amides is 1. The van der Waals surface area contributed by atoms with Crippen molar-refractivity contribution in [2.45, 2.75) is 110 Å². The van der Waals surface area contributed by atoms with E-state index in [1.807, 2.05) is 12.1 Å². The molecule has 3 aromatic heterocycles. The highest BCUT2D eigenvalue weighted by Crippen LogP contribution is 2.36. The first-order valence-corrected chi connectivity index (χ1v) is 16.4. The van der Waals surface area contributed by atoms with Gasteiger partial charge >= 0.3 is 0 Å². The first-order valence-electron chi connectivity index (χ1n) is 16.4. The molecule has 0 radical (unpaired) electrons. The first-order chi connectivity index (χ1) is 20.5. The van der Waals surface area contributed by atoms with Gasteiger partial charge in [-0.3, -0.25) is 4.79 Å². The van der Waals surface area contributed by atoms with Crippen LogP contribution in [0.4, 0.5) is 0 Å². The van der Waals surface area contributed by atoms with Gasteiger partial charge in [0.15, 0.2) is 0 Å². The van der Waals surface area contributed by atoms with Gasteiger partial charge in [0, 0.05) is 46.5 Å². The zero-order valence-corrected chi connectivity index (χ0v) is 26.4. The Labute approximate surface area is 252 Å². The fourth-order valence-corrected chi connectivity index (χ4v) is 5.93. The Kier molecular flexibility index (Phi) is 12.3. The summed E-state index contributed by atoms with van der Waals surface area (Å²) in [6, 6.07) is 12.0. The number of benzene rings is 1. The molecule has 1 unspecified atom stereocenters. The second-order valence-corrected chi connectivity index (χ2v) is 12.3. The number of rotatable bonds is 19. The molecule has 0 saturated carbocycles. The molecule has 0 bridgehead atoms. The van der Waals surface area contributed by atoms with Crippen LogP contribution in [-0.2, 0) is 4.79 Å². The van der Waals surface area contributed by atoms with Crippen LogP contribution >= 0.6 is 0 Å². The summed E-state index contributed by atoms with van der Waals surface area (Å²) in [4.78, 5) is 21.6. The summed E-state index contributed by atoms with van der Waals surface area (Å²) in [5.41, 5.74) is 3.95. The first kappa shape index (κ1) is 31.7. The van der Waals surface area contributed by atoms with E-state index in [-0.39, 0.29) is 11.9 Å². The molecule has 1 atom stereocenters. The molecule has 6 heteroatoms. The van der Waals surface area contributed by atoms with Crippen molar-refractivity contribution in [2.24, 2.45) is 5.92 Å². The van der Waals surface area contributed by atoms with Crippen LogP contribution in [0, 0.1) is 5.92 Å². The van der Waals surface area contributed by atoms with E-state index in [9.17, 15) is 4.79 Å². The maximum Gasteiger partial charge on any atom is 0.243 e. The predicted octanol–water partition coefficient (Wildman–Crippen LogP) is 9.60. The molecule has 1 amide bonds. The van der Waals surface area contributed by atoms with Crippen molar-refractivity contribution >= 4 is 27.8 Å². The molecular weight excluding hydrogens is 520 g/mol. The third-order valence-corrected chi connectivity index (χ3v) is 8.38. The molecule has 0 fully saturated rings. The lowest BCUT2D eigenvalue weighted by Crippen LogP contribution is -2.34. The van der Waals surface area contributed by atoms with Gasteiger partial charge in [0.1, 0.15) is 17.4 Å². The van der Waals surface area contributed by atoms with Crippen molar-refractivity contribution in [1.82, 2.24) is 19.9 Å². The van der Waals surface area contributed by atoms with E-state index in [1.54, 1.807) is 13.3 Å². The second kappa shape index (κ2) is 16.4. The Balaban J connectivity index is 1.47. The highest BCUT2D eigenvalue weighted by Gasteiger charge is 2.24. The maximum absolute atomic E-state index is 13.7. The van der Waals surface area contributed by atoms with Crippen molar-refractivity contribution in [3.8, 4) is 17.0 Å². The van der Waals surface area contributed by atoms with Crippen molar-refractivity contribution < 1.29 is 9.53 Å². The summed E-state index contributed by atoms with van der Waals surface area (Å²) in [7, 11) is 1.69. The van der Waals surface area contributed by atoms with E-state index in [2.05, 4.69) is 71.1 Å². The third kappa shape index (κ3) is 8.62. The normalized spacial score (nSPS) is 12.4. The molecule has 1 aromatic carbocycles. The number of unbranched alkanes of at least 4 members (excludes halogenated alkanes) is 11. The standard InChI is InChI=1S/C36H52N4O2/c1-5-6-7-8-9-10-11-12-13-14-15-16-19-34(36(41)38-25-27(2)3)40-26-31(30-24-29(42-4)20-21-33(30)40)32-23-28-18-17-22-37-35(28)39-32/h17-18,20-24,26-27,34H,5-16,19,25H2,1-4H3,(H,37,39)(H,38,41). The van der Waals surface area contributed by atoms with E-state index in [1.165, 1.54) is 64.2 Å². The molecule has 3 heterocycles. The van der Waals surface area contributed by atoms with Gasteiger partial charge in [0.25, 0.3) is 0 Å². The quantitative estimate of drug-likeness (QED) is 0.110. The summed E-state index contributed by atoms with van der Waals surface area (Å²) in [6.45, 7) is 7.24. The summed E-state index contributed by atoms with van der Waals surface area (Å²) >= 11 is 0. The number of hydrogen-bond acceptors (Lipinski definition) is 3. The highest BCUT2D eigenvalue weighted by atomic mass is 16.5. The monoisotopic (exact) mass is 572 g/mol. The third-order valence-electron chi connectivity index (χ3n) is 8.38. The molecule has 0 aliphatic rings. The number of fused-ring (bicyclic) bond motifs is 2. The largest absolute Gasteiger partial charge is 0.497 e. The summed E-state index contributed by atoms with van der Waals surface area (Å²) < 4.78 is 7.78. The number of H-pyrrole nitrogens is 1. The van der Waals surface area contributed by atoms with Crippen molar-refractivity contribution in [3.05, 3.63) is 48.8 Å². The van der Waals surface area contributed by atoms with E-state index < -0.39 is 0 Å². The Hall–Kier alpha value is -3.28. The number of hydrogen-bond donors (Lipinski definition) is 2. The fourth-order valence-electron chi connectivity index (χ4n) is 5.93. The minimum atomic E-state index is -0.265. The van der Waals surface area contributed by atoms with E-state index in [4.69, 9.17) is 4.74 Å². The van der Waals surface area contributed by atoms with Crippen molar-refractivity contribution in [3.63, 3.8) is 0 Å². The minimum Gasteiger partial charge on any atom is -0.497 e. The van der Waals surface area contributed by atoms with Gasteiger partial charge in [-0.15, -0.1) is 0 Å². The van der Waals surface area contributed by atoms with Crippen LogP contribution in [0.2, 0.25) is 0 Å². The Morgan fingerprint density at radius 1 is 0.952 bits per heavy atom. The number of pyridine rings is 1. The number of ether oxygens (including phenoxy) is 1. The minimum absolute atomic E-state index is 0.101. The lowest BCUT2D eigenvalue weighted by atomic mass is 10.0. The Morgan fingerprint density at radius 2 is 1.64 bits per heavy atom. The molecule has 228 valence electrons. The SMILES string of the molecule is CCCCCCCCCCCCCCC(C(=O)NCC(C)C)n1cc(-c2cc3cccnc3[nH]2)c2cc(OC)ccc21. The summed E-state index contributed by atoms with van der Waals surface area (Å²) in [6.07, 6.45) is 20.5. The van der Waals surface area contributed by atoms with E-state index >= 15 is 0 Å². The van der Waals surface area contributed by atoms with Crippen LogP contribution in [0.25, 0.3) is 33.2 Å². The van der Waals surface area contributed by atoms with Crippen LogP contribution < -0.4 is 10.1 Å². The number of methoxy groups -OCH3 is 1. The molecule has 6 nitrogen and oxygen atoms in total. The lowest BCUT2D eigenvalue weighted by molar-refractivity contribution is -0.124. The number of carbonyl (C=O) groups is 1. The van der Waals surface area contributed by atoms with Gasteiger partial charge in [-0.2, -0.15) is 0 Å². The molecule has 0 saturated heterocycles. The molecule has 2 N–H and O–H groups in total. The van der Waals surface area contributed by atoms with Crippen molar-refractivity contribution in [2.75, 3.05) is 13.7 Å². The number of nitrogens with zero attached hydrogens (tertiary/aromatic N) is 2. The van der Waals surface area contributed by atoms with Crippen LogP contribution in [-0.4, -0.2) is 34.1 Å². The van der Waals surface area contributed by atoms with E-state index in [0.29, 0.717) is 12.5 Å².